The van der Waals surface area contributed by atoms with Crippen molar-refractivity contribution in [3.63, 3.8) is 0 Å². The van der Waals surface area contributed by atoms with Gasteiger partial charge in [0.15, 0.2) is 0 Å². The van der Waals surface area contributed by atoms with Crippen LogP contribution in [0.4, 0.5) is 0 Å². The smallest absolute Gasteiger partial charge is 0.227 e. The Bertz CT molecular complexity index is 629. The molecule has 1 aliphatic rings. The Kier molecular flexibility index (Phi) is 5.11. The molecule has 1 fully saturated rings. The maximum atomic E-state index is 12.5. The minimum Gasteiger partial charge on any atom is -0.342 e. The zero-order chi connectivity index (χ0) is 15.4. The number of likely N-dealkylation sites (tertiary alicyclic amines) is 1. The second-order valence-corrected chi connectivity index (χ2v) is 7.06. The third kappa shape index (κ3) is 3.50. The van der Waals surface area contributed by atoms with Crippen LogP contribution in [0.1, 0.15) is 24.8 Å². The predicted octanol–water partition coefficient (Wildman–Crippen LogP) is 3.29. The van der Waals surface area contributed by atoms with Crippen LogP contribution >= 0.6 is 11.3 Å². The number of amides is 1. The monoisotopic (exact) mass is 316 g/mol. The van der Waals surface area contributed by atoms with Crippen LogP contribution in [0.2, 0.25) is 0 Å². The zero-order valence-corrected chi connectivity index (χ0v) is 14.0. The Hall–Kier alpha value is -1.39. The van der Waals surface area contributed by atoms with Gasteiger partial charge >= 0.3 is 0 Å². The van der Waals surface area contributed by atoms with Gasteiger partial charge in [-0.3, -0.25) is 4.79 Å². The van der Waals surface area contributed by atoms with Crippen molar-refractivity contribution in [2.75, 3.05) is 26.7 Å². The lowest BCUT2D eigenvalue weighted by atomic mass is 9.93. The van der Waals surface area contributed by atoms with Gasteiger partial charge in [-0.2, -0.15) is 0 Å². The highest BCUT2D eigenvalue weighted by Gasteiger charge is 2.23. The van der Waals surface area contributed by atoms with Crippen LogP contribution in [0.3, 0.4) is 0 Å². The minimum absolute atomic E-state index is 0.288. The molecule has 3 nitrogen and oxygen atoms in total. The van der Waals surface area contributed by atoms with E-state index < -0.39 is 0 Å². The first kappa shape index (κ1) is 15.5. The standard InChI is InChI=1S/C18H24N2OS/c1-19-9-6-14-7-10-20(11-8-14)18(21)12-15-13-22-17-5-3-2-4-16(15)17/h2-5,13-14,19H,6-12H2,1H3. The van der Waals surface area contributed by atoms with Crippen molar-refractivity contribution in [3.05, 3.63) is 35.2 Å². The number of carbonyl (C=O) groups is 1. The Morgan fingerprint density at radius 1 is 1.32 bits per heavy atom. The SMILES string of the molecule is CNCCC1CCN(C(=O)Cc2csc3ccccc23)CC1. The zero-order valence-electron chi connectivity index (χ0n) is 13.2. The maximum Gasteiger partial charge on any atom is 0.227 e. The second-order valence-electron chi connectivity index (χ2n) is 6.15. The van der Waals surface area contributed by atoms with Gasteiger partial charge in [0.25, 0.3) is 0 Å². The lowest BCUT2D eigenvalue weighted by molar-refractivity contribution is -0.131. The number of thiophene rings is 1. The van der Waals surface area contributed by atoms with Gasteiger partial charge in [-0.1, -0.05) is 18.2 Å². The third-order valence-electron chi connectivity index (χ3n) is 4.67. The maximum absolute atomic E-state index is 12.5. The summed E-state index contributed by atoms with van der Waals surface area (Å²) in [5.74, 6) is 1.06. The molecule has 118 valence electrons. The summed E-state index contributed by atoms with van der Waals surface area (Å²) in [5, 5.41) is 6.60. The number of nitrogens with zero attached hydrogens (tertiary/aromatic N) is 1. The van der Waals surface area contributed by atoms with Crippen molar-refractivity contribution in [3.8, 4) is 0 Å². The van der Waals surface area contributed by atoms with Crippen molar-refractivity contribution in [2.45, 2.75) is 25.7 Å². The molecule has 4 heteroatoms. The van der Waals surface area contributed by atoms with E-state index in [1.807, 2.05) is 7.05 Å². The molecule has 1 saturated heterocycles. The molecule has 0 saturated carbocycles. The highest BCUT2D eigenvalue weighted by Crippen LogP contribution is 2.27. The normalized spacial score (nSPS) is 16.3. The number of nitrogens with one attached hydrogen (secondary N) is 1. The summed E-state index contributed by atoms with van der Waals surface area (Å²) >= 11 is 1.73. The second kappa shape index (κ2) is 7.25. The van der Waals surface area contributed by atoms with E-state index in [9.17, 15) is 4.79 Å². The first-order chi connectivity index (χ1) is 10.8. The van der Waals surface area contributed by atoms with Crippen molar-refractivity contribution in [2.24, 2.45) is 5.92 Å². The van der Waals surface area contributed by atoms with E-state index in [1.54, 1.807) is 11.3 Å². The summed E-state index contributed by atoms with van der Waals surface area (Å²) in [5.41, 5.74) is 1.18. The lowest BCUT2D eigenvalue weighted by Gasteiger charge is -2.32. The molecule has 1 amide bonds. The number of hydrogen-bond acceptors (Lipinski definition) is 3. The molecule has 3 rings (SSSR count). The molecule has 2 aromatic rings. The number of hydrogen-bond donors (Lipinski definition) is 1. The molecular formula is C18H24N2OS. The minimum atomic E-state index is 0.288. The van der Waals surface area contributed by atoms with E-state index in [-0.39, 0.29) is 5.91 Å². The molecule has 22 heavy (non-hydrogen) atoms. The van der Waals surface area contributed by atoms with Gasteiger partial charge in [-0.15, -0.1) is 11.3 Å². The van der Waals surface area contributed by atoms with E-state index in [4.69, 9.17) is 0 Å². The molecule has 0 radical (unpaired) electrons. The molecule has 1 aromatic carbocycles. The number of benzene rings is 1. The van der Waals surface area contributed by atoms with E-state index >= 15 is 0 Å². The van der Waals surface area contributed by atoms with Gasteiger partial charge < -0.3 is 10.2 Å². The fraction of sp³-hybridized carbons (Fsp3) is 0.500. The third-order valence-corrected chi connectivity index (χ3v) is 5.68. The van der Waals surface area contributed by atoms with Crippen LogP contribution < -0.4 is 5.32 Å². The Labute approximate surface area is 136 Å². The average Bonchev–Trinajstić information content (AvgIpc) is 2.96. The molecule has 0 atom stereocenters. The van der Waals surface area contributed by atoms with Gasteiger partial charge in [0.05, 0.1) is 6.42 Å². The van der Waals surface area contributed by atoms with Gasteiger partial charge in [-0.05, 0) is 61.2 Å². The Balaban J connectivity index is 1.57. The molecule has 0 bridgehead atoms. The van der Waals surface area contributed by atoms with Gasteiger partial charge in [0.1, 0.15) is 0 Å². The fourth-order valence-electron chi connectivity index (χ4n) is 3.26. The molecule has 0 aliphatic carbocycles. The summed E-state index contributed by atoms with van der Waals surface area (Å²) in [6.07, 6.45) is 4.08. The summed E-state index contributed by atoms with van der Waals surface area (Å²) in [4.78, 5) is 14.6. The van der Waals surface area contributed by atoms with E-state index in [1.165, 1.54) is 22.1 Å². The summed E-state index contributed by atoms with van der Waals surface area (Å²) in [6, 6.07) is 8.36. The molecule has 1 N–H and O–H groups in total. The molecule has 2 heterocycles. The van der Waals surface area contributed by atoms with Crippen LogP contribution in [-0.4, -0.2) is 37.5 Å². The van der Waals surface area contributed by atoms with E-state index in [0.29, 0.717) is 6.42 Å². The van der Waals surface area contributed by atoms with Crippen molar-refractivity contribution in [1.29, 1.82) is 0 Å². The number of piperidine rings is 1. The fourth-order valence-corrected chi connectivity index (χ4v) is 4.23. The number of fused-ring (bicyclic) bond motifs is 1. The quantitative estimate of drug-likeness (QED) is 0.918. The summed E-state index contributed by atoms with van der Waals surface area (Å²) < 4.78 is 1.27. The van der Waals surface area contributed by atoms with Crippen molar-refractivity contribution < 1.29 is 4.79 Å². The highest BCUT2D eigenvalue weighted by atomic mass is 32.1. The van der Waals surface area contributed by atoms with E-state index in [2.05, 4.69) is 39.9 Å². The van der Waals surface area contributed by atoms with Crippen LogP contribution in [0.15, 0.2) is 29.6 Å². The lowest BCUT2D eigenvalue weighted by Crippen LogP contribution is -2.39. The first-order valence-electron chi connectivity index (χ1n) is 8.15. The molecular weight excluding hydrogens is 292 g/mol. The van der Waals surface area contributed by atoms with Crippen LogP contribution in [0.25, 0.3) is 10.1 Å². The Morgan fingerprint density at radius 3 is 2.86 bits per heavy atom. The average molecular weight is 316 g/mol. The topological polar surface area (TPSA) is 32.3 Å². The van der Waals surface area contributed by atoms with Crippen LogP contribution in [0, 0.1) is 5.92 Å². The largest absolute Gasteiger partial charge is 0.342 e. The van der Waals surface area contributed by atoms with Crippen LogP contribution in [-0.2, 0) is 11.2 Å². The predicted molar refractivity (Wildman–Crippen MR) is 93.4 cm³/mol. The van der Waals surface area contributed by atoms with Gasteiger partial charge in [-0.25, -0.2) is 0 Å². The molecule has 1 aliphatic heterocycles. The summed E-state index contributed by atoms with van der Waals surface area (Å²) in [7, 11) is 2.00. The van der Waals surface area contributed by atoms with Crippen molar-refractivity contribution in [1.82, 2.24) is 10.2 Å². The van der Waals surface area contributed by atoms with E-state index in [0.717, 1.165) is 38.4 Å². The highest BCUT2D eigenvalue weighted by molar-refractivity contribution is 7.17. The molecule has 0 spiro atoms. The van der Waals surface area contributed by atoms with Crippen LogP contribution in [0.5, 0.6) is 0 Å². The van der Waals surface area contributed by atoms with Crippen molar-refractivity contribution >= 4 is 27.3 Å². The van der Waals surface area contributed by atoms with Gasteiger partial charge in [0.2, 0.25) is 5.91 Å². The first-order valence-corrected chi connectivity index (χ1v) is 9.03. The van der Waals surface area contributed by atoms with Gasteiger partial charge in [0, 0.05) is 17.8 Å². The number of carbonyl (C=O) groups excluding carboxylic acids is 1. The molecule has 0 unspecified atom stereocenters. The summed E-state index contributed by atoms with van der Waals surface area (Å²) in [6.45, 7) is 2.93. The Morgan fingerprint density at radius 2 is 2.09 bits per heavy atom. The molecule has 1 aromatic heterocycles. The number of rotatable bonds is 5.